The summed E-state index contributed by atoms with van der Waals surface area (Å²) in [6.07, 6.45) is 10.6. The number of Topliss-reactive ketones (excluding diaryl/α,β-unsaturated/α-hetero) is 3. The van der Waals surface area contributed by atoms with Crippen molar-refractivity contribution in [1.82, 2.24) is 24.6 Å². The number of nitrogens with zero attached hydrogens (tertiary/aromatic N) is 5. The van der Waals surface area contributed by atoms with Crippen molar-refractivity contribution < 1.29 is 19.2 Å². The van der Waals surface area contributed by atoms with Crippen LogP contribution < -0.4 is 0 Å². The maximum Gasteiger partial charge on any atom is 0.245 e. The number of carbonyl (C=O) groups excluding carboxylic acids is 4. The third-order valence-electron chi connectivity index (χ3n) is 10.6. The normalized spacial score (nSPS) is 25.2. The summed E-state index contributed by atoms with van der Waals surface area (Å²) in [5.74, 6) is -0.0523. The molecule has 10 heteroatoms. The number of halogens is 1. The summed E-state index contributed by atoms with van der Waals surface area (Å²) in [7, 11) is 0. The van der Waals surface area contributed by atoms with Crippen molar-refractivity contribution in [2.75, 3.05) is 0 Å². The number of piperidine rings is 1. The van der Waals surface area contributed by atoms with Crippen LogP contribution >= 0.6 is 15.9 Å². The Labute approximate surface area is 285 Å². The molecule has 248 valence electrons. The molecule has 0 radical (unpaired) electrons. The van der Waals surface area contributed by atoms with E-state index in [1.165, 1.54) is 6.92 Å². The van der Waals surface area contributed by atoms with Crippen LogP contribution in [0.15, 0.2) is 41.1 Å². The van der Waals surface area contributed by atoms with Crippen LogP contribution in [-0.2, 0) is 33.8 Å². The third-order valence-corrected chi connectivity index (χ3v) is 11.0. The zero-order valence-electron chi connectivity index (χ0n) is 27.6. The summed E-state index contributed by atoms with van der Waals surface area (Å²) >= 11 is 3.43. The van der Waals surface area contributed by atoms with Gasteiger partial charge in [0.1, 0.15) is 22.6 Å². The van der Waals surface area contributed by atoms with Gasteiger partial charge in [0.15, 0.2) is 11.6 Å². The molecule has 1 unspecified atom stereocenters. The number of hydrogen-bond donors (Lipinski definition) is 0. The van der Waals surface area contributed by atoms with E-state index in [1.54, 1.807) is 9.58 Å². The number of carbonyl (C=O) groups is 4. The lowest BCUT2D eigenvalue weighted by atomic mass is 9.89. The Balaban J connectivity index is 1.33. The standard InChI is InChI=1S/C37H44BrN5O4/c1-23-10-13-35(38)40-29(23)18-33(46)32-19-37-15-14-28(45)9-7-5-4-6-8-27(16-26-12-11-24(2)39-21-26)31-17-30(25(3)44)41-42(31)22-36(47)43(32)34(37)20-37/h10-13,17,21,27,32,34H,4-9,14-16,18-20,22H2,1-3H3/t27?,32-,34+,37-/m0/s1. The smallest absolute Gasteiger partial charge is 0.245 e. The largest absolute Gasteiger partial charge is 0.327 e. The van der Waals surface area contributed by atoms with E-state index in [4.69, 9.17) is 0 Å². The van der Waals surface area contributed by atoms with E-state index in [9.17, 15) is 19.2 Å². The van der Waals surface area contributed by atoms with E-state index in [1.807, 2.05) is 44.3 Å². The molecular formula is C37H44BrN5O4. The van der Waals surface area contributed by atoms with Gasteiger partial charge in [-0.2, -0.15) is 5.10 Å². The molecule has 3 aliphatic rings. The molecule has 3 aromatic heterocycles. The van der Waals surface area contributed by atoms with E-state index < -0.39 is 6.04 Å². The predicted molar refractivity (Wildman–Crippen MR) is 181 cm³/mol. The molecule has 0 aromatic carbocycles. The van der Waals surface area contributed by atoms with Gasteiger partial charge in [0.2, 0.25) is 5.91 Å². The van der Waals surface area contributed by atoms with Gasteiger partial charge in [0.05, 0.1) is 18.2 Å². The summed E-state index contributed by atoms with van der Waals surface area (Å²) in [4.78, 5) is 64.7. The number of ketones is 3. The molecule has 1 amide bonds. The summed E-state index contributed by atoms with van der Waals surface area (Å²) in [5.41, 5.74) is 4.66. The number of aromatic nitrogens is 4. The van der Waals surface area contributed by atoms with Gasteiger partial charge in [0, 0.05) is 49.3 Å². The van der Waals surface area contributed by atoms with Crippen LogP contribution in [-0.4, -0.2) is 60.0 Å². The van der Waals surface area contributed by atoms with Crippen molar-refractivity contribution in [3.8, 4) is 0 Å². The molecule has 1 saturated carbocycles. The number of amides is 1. The zero-order chi connectivity index (χ0) is 33.3. The second-order valence-electron chi connectivity index (χ2n) is 14.0. The van der Waals surface area contributed by atoms with Crippen molar-refractivity contribution in [3.63, 3.8) is 0 Å². The van der Waals surface area contributed by atoms with Crippen molar-refractivity contribution >= 4 is 39.2 Å². The first kappa shape index (κ1) is 33.4. The highest BCUT2D eigenvalue weighted by molar-refractivity contribution is 9.10. The maximum absolute atomic E-state index is 14.4. The van der Waals surface area contributed by atoms with E-state index in [0.717, 1.165) is 61.0 Å². The lowest BCUT2D eigenvalue weighted by Gasteiger charge is -2.27. The van der Waals surface area contributed by atoms with E-state index in [2.05, 4.69) is 37.1 Å². The molecule has 9 nitrogen and oxygen atoms in total. The fraction of sp³-hybridized carbons (Fsp3) is 0.541. The fourth-order valence-corrected chi connectivity index (χ4v) is 8.09. The van der Waals surface area contributed by atoms with Crippen molar-refractivity contribution in [2.45, 2.75) is 122 Å². The molecule has 3 aromatic rings. The van der Waals surface area contributed by atoms with Gasteiger partial charge in [-0.15, -0.1) is 0 Å². The van der Waals surface area contributed by atoms with Crippen LogP contribution in [0.3, 0.4) is 0 Å². The Morgan fingerprint density at radius 2 is 1.83 bits per heavy atom. The third kappa shape index (κ3) is 7.47. The molecule has 47 heavy (non-hydrogen) atoms. The molecule has 0 N–H and O–H groups in total. The molecule has 5 heterocycles. The van der Waals surface area contributed by atoms with Gasteiger partial charge in [-0.25, -0.2) is 4.98 Å². The monoisotopic (exact) mass is 701 g/mol. The van der Waals surface area contributed by atoms with Crippen LogP contribution in [0.2, 0.25) is 0 Å². The van der Waals surface area contributed by atoms with Crippen LogP contribution in [0.1, 0.15) is 116 Å². The number of aryl methyl sites for hydroxylation is 2. The molecule has 1 saturated heterocycles. The first-order valence-corrected chi connectivity index (χ1v) is 17.8. The molecular weight excluding hydrogens is 658 g/mol. The summed E-state index contributed by atoms with van der Waals surface area (Å²) in [6, 6.07) is 9.07. The Morgan fingerprint density at radius 1 is 1.02 bits per heavy atom. The Kier molecular flexibility index (Phi) is 9.88. The second-order valence-corrected chi connectivity index (χ2v) is 14.8. The lowest BCUT2D eigenvalue weighted by Crippen LogP contribution is -2.45. The number of pyridine rings is 2. The van der Waals surface area contributed by atoms with Gasteiger partial charge < -0.3 is 4.90 Å². The van der Waals surface area contributed by atoms with E-state index >= 15 is 0 Å². The quantitative estimate of drug-likeness (QED) is 0.214. The molecule has 4 atom stereocenters. The topological polar surface area (TPSA) is 115 Å². The maximum atomic E-state index is 14.4. The van der Waals surface area contributed by atoms with Crippen LogP contribution in [0.5, 0.6) is 0 Å². The highest BCUT2D eigenvalue weighted by Crippen LogP contribution is 2.62. The van der Waals surface area contributed by atoms with Gasteiger partial charge in [-0.1, -0.05) is 31.4 Å². The molecule has 2 fully saturated rings. The molecule has 2 bridgehead atoms. The van der Waals surface area contributed by atoms with Crippen molar-refractivity contribution in [2.24, 2.45) is 5.41 Å². The summed E-state index contributed by atoms with van der Waals surface area (Å²) < 4.78 is 2.39. The van der Waals surface area contributed by atoms with Crippen LogP contribution in [0, 0.1) is 19.3 Å². The van der Waals surface area contributed by atoms with E-state index in [-0.39, 0.29) is 53.6 Å². The Morgan fingerprint density at radius 3 is 2.60 bits per heavy atom. The average Bonchev–Trinajstić information content (AvgIpc) is 3.39. The van der Waals surface area contributed by atoms with Crippen LogP contribution in [0.25, 0.3) is 0 Å². The van der Waals surface area contributed by atoms with Crippen molar-refractivity contribution in [3.05, 3.63) is 75.0 Å². The van der Waals surface area contributed by atoms with Crippen LogP contribution in [0.4, 0.5) is 0 Å². The van der Waals surface area contributed by atoms with Gasteiger partial charge >= 0.3 is 0 Å². The van der Waals surface area contributed by atoms with Gasteiger partial charge in [0.25, 0.3) is 0 Å². The highest BCUT2D eigenvalue weighted by atomic mass is 79.9. The number of rotatable bonds is 6. The highest BCUT2D eigenvalue weighted by Gasteiger charge is 2.66. The minimum absolute atomic E-state index is 0.0202. The zero-order valence-corrected chi connectivity index (χ0v) is 29.2. The minimum atomic E-state index is -0.587. The van der Waals surface area contributed by atoms with E-state index in [0.29, 0.717) is 48.1 Å². The Bertz CT molecular complexity index is 1680. The average molecular weight is 703 g/mol. The molecule has 0 spiro atoms. The predicted octanol–water partition coefficient (Wildman–Crippen LogP) is 6.46. The first-order chi connectivity index (χ1) is 22.5. The molecule has 6 rings (SSSR count). The molecule has 2 aliphatic heterocycles. The van der Waals surface area contributed by atoms with Gasteiger partial charge in [-0.05, 0) is 103 Å². The SMILES string of the molecule is CC(=O)c1cc2n(n1)CC(=O)N1[C@H](C(=O)Cc3nc(Br)ccc3C)C[C@@]3(CCC(=O)CCCCCCC2Cc2ccc(C)nc2)C[C@@H]13. The first-order valence-electron chi connectivity index (χ1n) is 17.0. The van der Waals surface area contributed by atoms with Crippen molar-refractivity contribution in [1.29, 1.82) is 0 Å². The Hall–Kier alpha value is -3.53. The minimum Gasteiger partial charge on any atom is -0.327 e. The number of hydrogen-bond acceptors (Lipinski definition) is 7. The fourth-order valence-electron chi connectivity index (χ4n) is 7.74. The van der Waals surface area contributed by atoms with Gasteiger partial charge in [-0.3, -0.25) is 28.8 Å². The second kappa shape index (κ2) is 13.9. The number of fused-ring (bicyclic) bond motifs is 1. The lowest BCUT2D eigenvalue weighted by molar-refractivity contribution is -0.139. The summed E-state index contributed by atoms with van der Waals surface area (Å²) in [5, 5.41) is 4.67. The molecule has 1 aliphatic carbocycles. The summed E-state index contributed by atoms with van der Waals surface area (Å²) in [6.45, 7) is 5.36.